The van der Waals surface area contributed by atoms with Crippen LogP contribution in [-0.2, 0) is 0 Å². The van der Waals surface area contributed by atoms with Crippen LogP contribution >= 0.6 is 0 Å². The van der Waals surface area contributed by atoms with Gasteiger partial charge in [0.25, 0.3) is 5.96 Å². The van der Waals surface area contributed by atoms with Crippen LogP contribution in [0.25, 0.3) is 0 Å². The molecule has 0 spiro atoms. The molecule has 2 aromatic carbocycles. The van der Waals surface area contributed by atoms with Crippen LogP contribution in [0.2, 0.25) is 0 Å². The van der Waals surface area contributed by atoms with Crippen LogP contribution in [0.5, 0.6) is 0 Å². The number of rotatable bonds is 3. The minimum Gasteiger partial charge on any atom is -0.365 e. The molecule has 0 aliphatic heterocycles. The summed E-state index contributed by atoms with van der Waals surface area (Å²) in [6.07, 6.45) is 0. The van der Waals surface area contributed by atoms with Crippen molar-refractivity contribution in [3.63, 3.8) is 0 Å². The molecule has 18 heavy (non-hydrogen) atoms. The smallest absolute Gasteiger partial charge is 0.257 e. The molecule has 2 rings (SSSR count). The van der Waals surface area contributed by atoms with Crippen molar-refractivity contribution < 1.29 is 0 Å². The molecule has 0 atom stereocenters. The summed E-state index contributed by atoms with van der Waals surface area (Å²) in [5.41, 5.74) is 9.96. The molecule has 0 bridgehead atoms. The van der Waals surface area contributed by atoms with Gasteiger partial charge in [0.05, 0.1) is 11.4 Å². The van der Waals surface area contributed by atoms with Crippen molar-refractivity contribution in [2.75, 3.05) is 5.43 Å². The largest absolute Gasteiger partial charge is 0.365 e. The zero-order valence-corrected chi connectivity index (χ0v) is 9.69. The van der Waals surface area contributed by atoms with E-state index in [-0.39, 0.29) is 5.96 Å². The van der Waals surface area contributed by atoms with Gasteiger partial charge < -0.3 is 5.73 Å². The Labute approximate surface area is 105 Å². The topological polar surface area (TPSA) is 75.1 Å². The predicted molar refractivity (Wildman–Crippen MR) is 72.6 cm³/mol. The van der Waals surface area contributed by atoms with Gasteiger partial charge in [0.1, 0.15) is 0 Å². The monoisotopic (exact) mass is 239 g/mol. The number of nitrogens with one attached hydrogen (secondary N) is 1. The first-order valence-electron chi connectivity index (χ1n) is 5.45. The van der Waals surface area contributed by atoms with E-state index in [0.717, 1.165) is 11.4 Å². The molecule has 0 aromatic heterocycles. The van der Waals surface area contributed by atoms with Gasteiger partial charge in [-0.2, -0.15) is 0 Å². The van der Waals surface area contributed by atoms with Gasteiger partial charge in [0.15, 0.2) is 0 Å². The Hall–Kier alpha value is -2.69. The number of anilines is 1. The van der Waals surface area contributed by atoms with E-state index < -0.39 is 0 Å². The van der Waals surface area contributed by atoms with Gasteiger partial charge in [-0.15, -0.1) is 15.3 Å². The van der Waals surface area contributed by atoms with E-state index in [1.807, 2.05) is 60.7 Å². The minimum absolute atomic E-state index is 0.0720. The molecule has 5 nitrogen and oxygen atoms in total. The third-order valence-electron chi connectivity index (χ3n) is 2.10. The molecule has 2 aromatic rings. The number of hydrogen-bond acceptors (Lipinski definition) is 3. The second-order valence-corrected chi connectivity index (χ2v) is 3.48. The van der Waals surface area contributed by atoms with Gasteiger partial charge in [-0.3, -0.25) is 5.43 Å². The van der Waals surface area contributed by atoms with E-state index in [4.69, 9.17) is 5.73 Å². The van der Waals surface area contributed by atoms with Gasteiger partial charge in [-0.1, -0.05) is 36.4 Å². The van der Waals surface area contributed by atoms with Crippen molar-refractivity contribution in [3.05, 3.63) is 60.7 Å². The molecule has 0 heterocycles. The molecule has 5 heteroatoms. The molecule has 0 aliphatic rings. The van der Waals surface area contributed by atoms with Crippen LogP contribution < -0.4 is 11.2 Å². The molecule has 0 aliphatic carbocycles. The summed E-state index contributed by atoms with van der Waals surface area (Å²) in [6, 6.07) is 18.8. The lowest BCUT2D eigenvalue weighted by atomic mass is 10.3. The lowest BCUT2D eigenvalue weighted by Gasteiger charge is -1.98. The Morgan fingerprint density at radius 1 is 0.889 bits per heavy atom. The average molecular weight is 239 g/mol. The second kappa shape index (κ2) is 6.15. The number of hydrazone groups is 1. The fourth-order valence-electron chi connectivity index (χ4n) is 1.26. The first-order chi connectivity index (χ1) is 8.84. The quantitative estimate of drug-likeness (QED) is 0.373. The second-order valence-electron chi connectivity index (χ2n) is 3.48. The third kappa shape index (κ3) is 3.71. The molecule has 90 valence electrons. The maximum atomic E-state index is 5.60. The van der Waals surface area contributed by atoms with Crippen LogP contribution in [0.1, 0.15) is 0 Å². The number of benzene rings is 2. The Bertz CT molecular complexity index is 534. The van der Waals surface area contributed by atoms with Crippen molar-refractivity contribution >= 4 is 17.3 Å². The predicted octanol–water partition coefficient (Wildman–Crippen LogP) is 3.11. The highest BCUT2D eigenvalue weighted by Crippen LogP contribution is 2.10. The Morgan fingerprint density at radius 3 is 2.17 bits per heavy atom. The third-order valence-corrected chi connectivity index (χ3v) is 2.10. The molecule has 0 saturated carbocycles. The fourth-order valence-corrected chi connectivity index (χ4v) is 1.26. The summed E-state index contributed by atoms with van der Waals surface area (Å²) < 4.78 is 0. The van der Waals surface area contributed by atoms with E-state index >= 15 is 0 Å². The van der Waals surface area contributed by atoms with Crippen molar-refractivity contribution in [2.45, 2.75) is 0 Å². The maximum absolute atomic E-state index is 5.60. The highest BCUT2D eigenvalue weighted by Gasteiger charge is 1.90. The molecule has 3 N–H and O–H groups in total. The molecule has 0 unspecified atom stereocenters. The molecule has 0 fully saturated rings. The lowest BCUT2D eigenvalue weighted by molar-refractivity contribution is 1.20. The average Bonchev–Trinajstić information content (AvgIpc) is 2.45. The summed E-state index contributed by atoms with van der Waals surface area (Å²) in [5, 5.41) is 11.6. The Kier molecular flexibility index (Phi) is 4.02. The van der Waals surface area contributed by atoms with Crippen molar-refractivity contribution in [1.29, 1.82) is 0 Å². The zero-order valence-electron chi connectivity index (χ0n) is 9.69. The van der Waals surface area contributed by atoms with E-state index in [1.165, 1.54) is 0 Å². The molecule has 0 amide bonds. The Balaban J connectivity index is 1.96. The lowest BCUT2D eigenvalue weighted by Crippen LogP contribution is -2.09. The zero-order chi connectivity index (χ0) is 12.6. The first kappa shape index (κ1) is 11.8. The van der Waals surface area contributed by atoms with Crippen molar-refractivity contribution in [1.82, 2.24) is 0 Å². The van der Waals surface area contributed by atoms with E-state index in [1.54, 1.807) is 0 Å². The summed E-state index contributed by atoms with van der Waals surface area (Å²) in [7, 11) is 0. The van der Waals surface area contributed by atoms with Crippen LogP contribution in [0.3, 0.4) is 0 Å². The summed E-state index contributed by atoms with van der Waals surface area (Å²) in [5.74, 6) is 0.0720. The van der Waals surface area contributed by atoms with E-state index in [2.05, 4.69) is 20.8 Å². The van der Waals surface area contributed by atoms with Gasteiger partial charge >= 0.3 is 0 Å². The Morgan fingerprint density at radius 2 is 1.50 bits per heavy atom. The highest BCUT2D eigenvalue weighted by atomic mass is 15.4. The SMILES string of the molecule is NC(/N=N/c1ccccc1)=N\Nc1ccccc1. The number of guanidine groups is 1. The van der Waals surface area contributed by atoms with E-state index in [9.17, 15) is 0 Å². The standard InChI is InChI=1S/C13H13N5/c14-13(17-15-11-7-3-1-4-8-11)18-16-12-9-5-2-6-10-12/h1-10,15H,(H2,14,17)/b18-16+. The number of nitrogens with zero attached hydrogens (tertiary/aromatic N) is 3. The molecular weight excluding hydrogens is 226 g/mol. The van der Waals surface area contributed by atoms with E-state index in [0.29, 0.717) is 0 Å². The van der Waals surface area contributed by atoms with Gasteiger partial charge in [-0.25, -0.2) is 0 Å². The summed E-state index contributed by atoms with van der Waals surface area (Å²) >= 11 is 0. The van der Waals surface area contributed by atoms with Crippen LogP contribution in [-0.4, -0.2) is 5.96 Å². The molecule has 0 radical (unpaired) electrons. The van der Waals surface area contributed by atoms with Crippen LogP contribution in [0, 0.1) is 0 Å². The van der Waals surface area contributed by atoms with Gasteiger partial charge in [-0.05, 0) is 24.3 Å². The fraction of sp³-hybridized carbons (Fsp3) is 0. The number of para-hydroxylation sites is 1. The normalized spacial score (nSPS) is 11.7. The number of nitrogens with two attached hydrogens (primary N) is 1. The van der Waals surface area contributed by atoms with Crippen molar-refractivity contribution in [2.24, 2.45) is 21.1 Å². The summed E-state index contributed by atoms with van der Waals surface area (Å²) in [4.78, 5) is 0. The number of azo groups is 1. The molecular formula is C13H13N5. The first-order valence-corrected chi connectivity index (χ1v) is 5.45. The van der Waals surface area contributed by atoms with Crippen molar-refractivity contribution in [3.8, 4) is 0 Å². The van der Waals surface area contributed by atoms with Crippen LogP contribution in [0.4, 0.5) is 11.4 Å². The highest BCUT2D eigenvalue weighted by molar-refractivity contribution is 5.79. The molecule has 0 saturated heterocycles. The van der Waals surface area contributed by atoms with Crippen LogP contribution in [0.15, 0.2) is 76.0 Å². The van der Waals surface area contributed by atoms with Gasteiger partial charge in [0.2, 0.25) is 0 Å². The number of hydrogen-bond donors (Lipinski definition) is 2. The minimum atomic E-state index is 0.0720. The summed E-state index contributed by atoms with van der Waals surface area (Å²) in [6.45, 7) is 0. The maximum Gasteiger partial charge on any atom is 0.257 e. The van der Waals surface area contributed by atoms with Gasteiger partial charge in [0, 0.05) is 0 Å².